The van der Waals surface area contributed by atoms with Crippen molar-refractivity contribution in [3.05, 3.63) is 12.2 Å². The van der Waals surface area contributed by atoms with E-state index in [2.05, 4.69) is 6.08 Å². The van der Waals surface area contributed by atoms with E-state index in [9.17, 15) is 4.79 Å². The van der Waals surface area contributed by atoms with Crippen LogP contribution in [0, 0.1) is 5.92 Å². The minimum absolute atomic E-state index is 0.281. The normalized spacial score (nSPS) is 34.0. The lowest BCUT2D eigenvalue weighted by molar-refractivity contribution is -0.115. The second-order valence-corrected chi connectivity index (χ2v) is 3.99. The van der Waals surface area contributed by atoms with E-state index in [1.807, 2.05) is 0 Å². The molecule has 2 nitrogen and oxygen atoms in total. The van der Waals surface area contributed by atoms with Crippen molar-refractivity contribution in [2.75, 3.05) is 6.61 Å². The lowest BCUT2D eigenvalue weighted by Gasteiger charge is -2.18. The molecule has 0 bridgehead atoms. The van der Waals surface area contributed by atoms with Crippen LogP contribution in [-0.2, 0) is 9.53 Å². The first-order chi connectivity index (χ1) is 6.34. The van der Waals surface area contributed by atoms with E-state index in [-0.39, 0.29) is 5.78 Å². The quantitative estimate of drug-likeness (QED) is 0.650. The lowest BCUT2D eigenvalue weighted by Crippen LogP contribution is -2.15. The highest BCUT2D eigenvalue weighted by Crippen LogP contribution is 2.25. The van der Waals surface area contributed by atoms with Crippen molar-refractivity contribution >= 4 is 5.78 Å². The molecule has 2 aliphatic rings. The number of carbonyl (C=O) groups excluding carboxylic acids is 1. The molecule has 1 aliphatic carbocycles. The standard InChI is InChI=1S/C11H16O2/c12-10-5-3-9(4-6-10)8-11-2-1-7-13-11/h3,5,9,11H,1-2,4,6-8H2/t9-,11-/m0/s1. The molecule has 0 radical (unpaired) electrons. The first kappa shape index (κ1) is 8.95. The number of hydrogen-bond donors (Lipinski definition) is 0. The molecule has 2 heteroatoms. The number of carbonyl (C=O) groups is 1. The molecule has 0 amide bonds. The van der Waals surface area contributed by atoms with E-state index in [0.717, 1.165) is 25.9 Å². The van der Waals surface area contributed by atoms with E-state index in [0.29, 0.717) is 12.0 Å². The summed E-state index contributed by atoms with van der Waals surface area (Å²) in [4.78, 5) is 10.9. The zero-order chi connectivity index (χ0) is 9.10. The Morgan fingerprint density at radius 1 is 1.46 bits per heavy atom. The van der Waals surface area contributed by atoms with Crippen LogP contribution in [0.3, 0.4) is 0 Å². The van der Waals surface area contributed by atoms with Gasteiger partial charge in [-0.15, -0.1) is 0 Å². The predicted octanol–water partition coefficient (Wildman–Crippen LogP) is 2.09. The molecule has 1 aliphatic heterocycles. The molecule has 0 spiro atoms. The third-order valence-electron chi connectivity index (χ3n) is 2.91. The maximum atomic E-state index is 10.9. The summed E-state index contributed by atoms with van der Waals surface area (Å²) in [6, 6.07) is 0. The molecule has 1 fully saturated rings. The van der Waals surface area contributed by atoms with E-state index >= 15 is 0 Å². The van der Waals surface area contributed by atoms with Crippen LogP contribution in [0.5, 0.6) is 0 Å². The second kappa shape index (κ2) is 4.05. The van der Waals surface area contributed by atoms with Crippen molar-refractivity contribution in [3.8, 4) is 0 Å². The molecule has 0 aromatic carbocycles. The molecule has 0 aromatic rings. The summed E-state index contributed by atoms with van der Waals surface area (Å²) in [5.74, 6) is 0.865. The summed E-state index contributed by atoms with van der Waals surface area (Å²) < 4.78 is 5.56. The van der Waals surface area contributed by atoms with Gasteiger partial charge >= 0.3 is 0 Å². The Labute approximate surface area is 79.0 Å². The Bertz CT molecular complexity index is 214. The maximum Gasteiger partial charge on any atom is 0.155 e. The second-order valence-electron chi connectivity index (χ2n) is 3.99. The smallest absolute Gasteiger partial charge is 0.155 e. The fraction of sp³-hybridized carbons (Fsp3) is 0.727. The van der Waals surface area contributed by atoms with E-state index in [1.54, 1.807) is 6.08 Å². The Hall–Kier alpha value is -0.630. The van der Waals surface area contributed by atoms with Gasteiger partial charge in [0.15, 0.2) is 5.78 Å². The number of ether oxygens (including phenoxy) is 1. The average Bonchev–Trinajstić information content (AvgIpc) is 2.62. The van der Waals surface area contributed by atoms with Crippen LogP contribution in [0.4, 0.5) is 0 Å². The molecular weight excluding hydrogens is 164 g/mol. The minimum atomic E-state index is 0.281. The van der Waals surface area contributed by atoms with Crippen LogP contribution in [0.25, 0.3) is 0 Å². The number of hydrogen-bond acceptors (Lipinski definition) is 2. The molecule has 0 unspecified atom stereocenters. The van der Waals surface area contributed by atoms with Crippen LogP contribution in [0.15, 0.2) is 12.2 Å². The summed E-state index contributed by atoms with van der Waals surface area (Å²) >= 11 is 0. The molecule has 0 saturated carbocycles. The van der Waals surface area contributed by atoms with E-state index in [4.69, 9.17) is 4.74 Å². The van der Waals surface area contributed by atoms with Crippen LogP contribution in [0.2, 0.25) is 0 Å². The highest BCUT2D eigenvalue weighted by Gasteiger charge is 2.21. The Kier molecular flexibility index (Phi) is 2.79. The van der Waals surface area contributed by atoms with Crippen molar-refractivity contribution in [2.45, 2.75) is 38.2 Å². The SMILES string of the molecule is O=C1C=C[C@H](C[C@@H]2CCCO2)CC1. The van der Waals surface area contributed by atoms with Gasteiger partial charge in [0.25, 0.3) is 0 Å². The van der Waals surface area contributed by atoms with Crippen molar-refractivity contribution in [1.29, 1.82) is 0 Å². The highest BCUT2D eigenvalue weighted by molar-refractivity contribution is 5.90. The fourth-order valence-corrected chi connectivity index (χ4v) is 2.11. The average molecular weight is 180 g/mol. The van der Waals surface area contributed by atoms with Crippen LogP contribution in [0.1, 0.15) is 32.1 Å². The maximum absolute atomic E-state index is 10.9. The van der Waals surface area contributed by atoms with Crippen LogP contribution >= 0.6 is 0 Å². The number of rotatable bonds is 2. The third kappa shape index (κ3) is 2.41. The lowest BCUT2D eigenvalue weighted by atomic mass is 9.90. The monoisotopic (exact) mass is 180 g/mol. The van der Waals surface area contributed by atoms with Gasteiger partial charge < -0.3 is 4.74 Å². The van der Waals surface area contributed by atoms with Crippen molar-refractivity contribution in [3.63, 3.8) is 0 Å². The third-order valence-corrected chi connectivity index (χ3v) is 2.91. The number of allylic oxidation sites excluding steroid dienone is 2. The molecule has 72 valence electrons. The van der Waals surface area contributed by atoms with E-state index < -0.39 is 0 Å². The molecular formula is C11H16O2. The number of ketones is 1. The fourth-order valence-electron chi connectivity index (χ4n) is 2.11. The molecule has 0 N–H and O–H groups in total. The predicted molar refractivity (Wildman–Crippen MR) is 50.5 cm³/mol. The van der Waals surface area contributed by atoms with Crippen LogP contribution in [-0.4, -0.2) is 18.5 Å². The molecule has 1 heterocycles. The zero-order valence-electron chi connectivity index (χ0n) is 7.87. The topological polar surface area (TPSA) is 26.3 Å². The molecule has 13 heavy (non-hydrogen) atoms. The first-order valence-corrected chi connectivity index (χ1v) is 5.17. The molecule has 2 atom stereocenters. The van der Waals surface area contributed by atoms with E-state index in [1.165, 1.54) is 12.8 Å². The van der Waals surface area contributed by atoms with Gasteiger partial charge in [0.05, 0.1) is 6.10 Å². The van der Waals surface area contributed by atoms with Gasteiger partial charge in [0, 0.05) is 13.0 Å². The van der Waals surface area contributed by atoms with Gasteiger partial charge in [-0.2, -0.15) is 0 Å². The zero-order valence-corrected chi connectivity index (χ0v) is 7.87. The summed E-state index contributed by atoms with van der Waals surface area (Å²) in [6.45, 7) is 0.931. The van der Waals surface area contributed by atoms with Gasteiger partial charge in [-0.3, -0.25) is 4.79 Å². The van der Waals surface area contributed by atoms with Gasteiger partial charge in [-0.05, 0) is 37.7 Å². The Balaban J connectivity index is 1.81. The van der Waals surface area contributed by atoms with Crippen molar-refractivity contribution < 1.29 is 9.53 Å². The van der Waals surface area contributed by atoms with Gasteiger partial charge in [-0.1, -0.05) is 6.08 Å². The largest absolute Gasteiger partial charge is 0.378 e. The summed E-state index contributed by atoms with van der Waals surface area (Å²) in [6.07, 6.45) is 9.55. The minimum Gasteiger partial charge on any atom is -0.378 e. The Morgan fingerprint density at radius 2 is 2.38 bits per heavy atom. The summed E-state index contributed by atoms with van der Waals surface area (Å²) in [7, 11) is 0. The summed E-state index contributed by atoms with van der Waals surface area (Å²) in [5, 5.41) is 0. The molecule has 0 aromatic heterocycles. The Morgan fingerprint density at radius 3 is 3.00 bits per heavy atom. The van der Waals surface area contributed by atoms with Gasteiger partial charge in [-0.25, -0.2) is 0 Å². The summed E-state index contributed by atoms with van der Waals surface area (Å²) in [5.41, 5.74) is 0. The van der Waals surface area contributed by atoms with Crippen molar-refractivity contribution in [2.24, 2.45) is 5.92 Å². The highest BCUT2D eigenvalue weighted by atomic mass is 16.5. The molecule has 2 rings (SSSR count). The first-order valence-electron chi connectivity index (χ1n) is 5.17. The van der Waals surface area contributed by atoms with Crippen molar-refractivity contribution in [1.82, 2.24) is 0 Å². The van der Waals surface area contributed by atoms with Gasteiger partial charge in [0.2, 0.25) is 0 Å². The molecule has 1 saturated heterocycles. The van der Waals surface area contributed by atoms with Crippen LogP contribution < -0.4 is 0 Å². The van der Waals surface area contributed by atoms with Gasteiger partial charge in [0.1, 0.15) is 0 Å².